The predicted molar refractivity (Wildman–Crippen MR) is 64.5 cm³/mol. The van der Waals surface area contributed by atoms with Crippen LogP contribution in [0.4, 0.5) is 19.0 Å². The van der Waals surface area contributed by atoms with Gasteiger partial charge in [0.25, 0.3) is 0 Å². The van der Waals surface area contributed by atoms with E-state index in [4.69, 9.17) is 0 Å². The number of nitrogens with zero attached hydrogens (tertiary/aromatic N) is 2. The van der Waals surface area contributed by atoms with Crippen molar-refractivity contribution in [3.05, 3.63) is 23.9 Å². The molecule has 0 bridgehead atoms. The Bertz CT molecular complexity index is 403. The van der Waals surface area contributed by atoms with Gasteiger partial charge < -0.3 is 4.90 Å². The highest BCUT2D eigenvalue weighted by molar-refractivity contribution is 5.42. The third-order valence-electron chi connectivity index (χ3n) is 3.49. The number of pyridine rings is 1. The summed E-state index contributed by atoms with van der Waals surface area (Å²) >= 11 is 0. The minimum atomic E-state index is -4.29. The van der Waals surface area contributed by atoms with Gasteiger partial charge in [-0.05, 0) is 30.9 Å². The normalized spacial score (nSPS) is 21.1. The summed E-state index contributed by atoms with van der Waals surface area (Å²) in [6.45, 7) is 3.73. The molecule has 0 amide bonds. The fraction of sp³-hybridized carbons (Fsp3) is 0.615. The maximum absolute atomic E-state index is 12.6. The van der Waals surface area contributed by atoms with E-state index >= 15 is 0 Å². The first kappa shape index (κ1) is 13.2. The molecule has 2 nitrogen and oxygen atoms in total. The van der Waals surface area contributed by atoms with E-state index in [0.717, 1.165) is 44.5 Å². The highest BCUT2D eigenvalue weighted by atomic mass is 19.4. The molecule has 2 heterocycles. The van der Waals surface area contributed by atoms with Crippen LogP contribution >= 0.6 is 0 Å². The molecule has 1 aliphatic heterocycles. The van der Waals surface area contributed by atoms with Gasteiger partial charge in [-0.3, -0.25) is 0 Å². The van der Waals surface area contributed by atoms with Gasteiger partial charge in [0.15, 0.2) is 0 Å². The van der Waals surface area contributed by atoms with Crippen LogP contribution in [-0.4, -0.2) is 18.1 Å². The van der Waals surface area contributed by atoms with Crippen LogP contribution in [0.3, 0.4) is 0 Å². The lowest BCUT2D eigenvalue weighted by Crippen LogP contribution is -2.35. The van der Waals surface area contributed by atoms with Crippen LogP contribution in [-0.2, 0) is 6.18 Å². The summed E-state index contributed by atoms with van der Waals surface area (Å²) in [7, 11) is 0. The van der Waals surface area contributed by atoms with Crippen LogP contribution in [0.2, 0.25) is 0 Å². The summed E-state index contributed by atoms with van der Waals surface area (Å²) in [5, 5.41) is 0. The molecule has 100 valence electrons. The van der Waals surface area contributed by atoms with Crippen LogP contribution in [0.25, 0.3) is 0 Å². The van der Waals surface area contributed by atoms with E-state index < -0.39 is 11.7 Å². The lowest BCUT2D eigenvalue weighted by atomic mass is 9.95. The van der Waals surface area contributed by atoms with Crippen LogP contribution < -0.4 is 4.90 Å². The van der Waals surface area contributed by atoms with E-state index in [1.165, 1.54) is 6.20 Å². The third kappa shape index (κ3) is 2.94. The first-order valence-electron chi connectivity index (χ1n) is 6.29. The van der Waals surface area contributed by atoms with Crippen molar-refractivity contribution in [2.45, 2.75) is 32.4 Å². The predicted octanol–water partition coefficient (Wildman–Crippen LogP) is 3.73. The number of alkyl halides is 3. The van der Waals surface area contributed by atoms with Gasteiger partial charge in [0.1, 0.15) is 5.82 Å². The summed E-state index contributed by atoms with van der Waals surface area (Å²) in [5.41, 5.74) is -0.619. The summed E-state index contributed by atoms with van der Waals surface area (Å²) in [6, 6.07) is 2.17. The number of aromatic nitrogens is 1. The number of halogens is 3. The number of piperidine rings is 1. The van der Waals surface area contributed by atoms with Gasteiger partial charge >= 0.3 is 6.18 Å². The van der Waals surface area contributed by atoms with Gasteiger partial charge in [-0.2, -0.15) is 13.2 Å². The quantitative estimate of drug-likeness (QED) is 0.803. The molecule has 0 saturated carbocycles. The van der Waals surface area contributed by atoms with E-state index in [1.54, 1.807) is 0 Å². The first-order chi connectivity index (χ1) is 8.50. The molecule has 2 rings (SSSR count). The lowest BCUT2D eigenvalue weighted by molar-refractivity contribution is -0.137. The van der Waals surface area contributed by atoms with Crippen molar-refractivity contribution in [3.8, 4) is 0 Å². The molecule has 1 saturated heterocycles. The molecular formula is C13H17F3N2. The molecule has 0 aliphatic carbocycles. The smallest absolute Gasteiger partial charge is 0.356 e. The highest BCUT2D eigenvalue weighted by Crippen LogP contribution is 2.31. The lowest BCUT2D eigenvalue weighted by Gasteiger charge is -2.33. The maximum atomic E-state index is 12.6. The molecule has 0 N–H and O–H groups in total. The molecule has 0 aromatic carbocycles. The van der Waals surface area contributed by atoms with Crippen molar-refractivity contribution in [3.63, 3.8) is 0 Å². The number of rotatable bonds is 2. The summed E-state index contributed by atoms with van der Waals surface area (Å²) in [6.07, 6.45) is 0.198. The SMILES string of the molecule is CCC1CCCN(c2cc(C(F)(F)F)ccn2)C1. The van der Waals surface area contributed by atoms with E-state index in [2.05, 4.69) is 11.9 Å². The van der Waals surface area contributed by atoms with Gasteiger partial charge in [0.2, 0.25) is 0 Å². The van der Waals surface area contributed by atoms with Crippen LogP contribution in [0, 0.1) is 5.92 Å². The summed E-state index contributed by atoms with van der Waals surface area (Å²) < 4.78 is 37.9. The van der Waals surface area contributed by atoms with Crippen molar-refractivity contribution in [1.29, 1.82) is 0 Å². The molecular weight excluding hydrogens is 241 g/mol. The zero-order valence-electron chi connectivity index (χ0n) is 10.4. The Kier molecular flexibility index (Phi) is 3.78. The molecule has 1 aliphatic rings. The van der Waals surface area contributed by atoms with Gasteiger partial charge in [-0.1, -0.05) is 13.3 Å². The number of anilines is 1. The summed E-state index contributed by atoms with van der Waals surface area (Å²) in [4.78, 5) is 6.04. The Balaban J connectivity index is 2.18. The third-order valence-corrected chi connectivity index (χ3v) is 3.49. The molecule has 1 aromatic rings. The molecule has 1 unspecified atom stereocenters. The molecule has 1 fully saturated rings. The fourth-order valence-electron chi connectivity index (χ4n) is 2.37. The minimum absolute atomic E-state index is 0.447. The van der Waals surface area contributed by atoms with Gasteiger partial charge in [-0.25, -0.2) is 4.98 Å². The molecule has 1 atom stereocenters. The van der Waals surface area contributed by atoms with Crippen molar-refractivity contribution in [2.75, 3.05) is 18.0 Å². The Hall–Kier alpha value is -1.26. The monoisotopic (exact) mass is 258 g/mol. The van der Waals surface area contributed by atoms with Gasteiger partial charge in [0, 0.05) is 19.3 Å². The van der Waals surface area contributed by atoms with Crippen molar-refractivity contribution in [1.82, 2.24) is 4.98 Å². The topological polar surface area (TPSA) is 16.1 Å². The fourth-order valence-corrected chi connectivity index (χ4v) is 2.37. The number of hydrogen-bond acceptors (Lipinski definition) is 2. The summed E-state index contributed by atoms with van der Waals surface area (Å²) in [5.74, 6) is 1.01. The van der Waals surface area contributed by atoms with Crippen molar-refractivity contribution in [2.24, 2.45) is 5.92 Å². The Morgan fingerprint density at radius 3 is 2.89 bits per heavy atom. The Labute approximate surface area is 105 Å². The average Bonchev–Trinajstić information content (AvgIpc) is 2.38. The number of hydrogen-bond donors (Lipinski definition) is 0. The van der Waals surface area contributed by atoms with Crippen LogP contribution in [0.5, 0.6) is 0 Å². The largest absolute Gasteiger partial charge is 0.416 e. The molecule has 5 heteroatoms. The molecule has 18 heavy (non-hydrogen) atoms. The molecule has 1 aromatic heterocycles. The van der Waals surface area contributed by atoms with Crippen LogP contribution in [0.1, 0.15) is 31.7 Å². The second-order valence-electron chi connectivity index (χ2n) is 4.76. The van der Waals surface area contributed by atoms with E-state index in [0.29, 0.717) is 11.7 Å². The molecule has 0 radical (unpaired) electrons. The second kappa shape index (κ2) is 5.16. The molecule has 0 spiro atoms. The zero-order chi connectivity index (χ0) is 13.2. The standard InChI is InChI=1S/C13H17F3N2/c1-2-10-4-3-7-18(9-10)12-8-11(5-6-17-12)13(14,15)16/h5-6,8,10H,2-4,7,9H2,1H3. The maximum Gasteiger partial charge on any atom is 0.416 e. The van der Waals surface area contributed by atoms with Crippen molar-refractivity contribution < 1.29 is 13.2 Å². The van der Waals surface area contributed by atoms with Gasteiger partial charge in [0.05, 0.1) is 5.56 Å². The Morgan fingerprint density at radius 2 is 2.22 bits per heavy atom. The van der Waals surface area contributed by atoms with E-state index in [1.807, 2.05) is 4.90 Å². The first-order valence-corrected chi connectivity index (χ1v) is 6.29. The van der Waals surface area contributed by atoms with Gasteiger partial charge in [-0.15, -0.1) is 0 Å². The Morgan fingerprint density at radius 1 is 1.44 bits per heavy atom. The minimum Gasteiger partial charge on any atom is -0.356 e. The van der Waals surface area contributed by atoms with Crippen molar-refractivity contribution >= 4 is 5.82 Å². The highest BCUT2D eigenvalue weighted by Gasteiger charge is 2.31. The zero-order valence-corrected chi connectivity index (χ0v) is 10.4. The van der Waals surface area contributed by atoms with E-state index in [9.17, 15) is 13.2 Å². The average molecular weight is 258 g/mol. The van der Waals surface area contributed by atoms with E-state index in [-0.39, 0.29) is 0 Å². The van der Waals surface area contributed by atoms with Crippen LogP contribution in [0.15, 0.2) is 18.3 Å². The second-order valence-corrected chi connectivity index (χ2v) is 4.76.